The Balaban J connectivity index is 2.37. The first-order valence-corrected chi connectivity index (χ1v) is 7.16. The Kier molecular flexibility index (Phi) is 4.64. The van der Waals surface area contributed by atoms with Gasteiger partial charge in [0.25, 0.3) is 5.56 Å². The van der Waals surface area contributed by atoms with Crippen LogP contribution in [0.1, 0.15) is 18.7 Å². The van der Waals surface area contributed by atoms with E-state index in [1.54, 1.807) is 6.92 Å². The van der Waals surface area contributed by atoms with Crippen LogP contribution in [0, 0.1) is 6.92 Å². The van der Waals surface area contributed by atoms with Gasteiger partial charge in [-0.25, -0.2) is 4.79 Å². The van der Waals surface area contributed by atoms with Crippen molar-refractivity contribution in [1.29, 1.82) is 0 Å². The van der Waals surface area contributed by atoms with Crippen LogP contribution in [0.25, 0.3) is 0 Å². The average molecular weight is 363 g/mol. The van der Waals surface area contributed by atoms with Crippen molar-refractivity contribution in [2.75, 3.05) is 6.61 Å². The smallest absolute Gasteiger partial charge is 0.330 e. The number of nitrogens with zero attached hydrogens (tertiary/aromatic N) is 1. The number of aryl methyl sites for hydroxylation is 1. The van der Waals surface area contributed by atoms with E-state index in [1.165, 1.54) is 17.7 Å². The van der Waals surface area contributed by atoms with Crippen molar-refractivity contribution < 1.29 is 19.4 Å². The van der Waals surface area contributed by atoms with Gasteiger partial charge in [0, 0.05) is 18.7 Å². The Hall–Kier alpha value is -1.45. The fourth-order valence-electron chi connectivity index (χ4n) is 2.17. The minimum atomic E-state index is -0.811. The number of aliphatic hydroxyl groups excluding tert-OH is 1. The molecular formula is C12H15BrN2O6. The molecule has 1 fully saturated rings. The highest BCUT2D eigenvalue weighted by Gasteiger charge is 2.46. The zero-order valence-electron chi connectivity index (χ0n) is 11.4. The molecule has 2 heterocycles. The van der Waals surface area contributed by atoms with Crippen molar-refractivity contribution in [3.05, 3.63) is 32.6 Å². The number of ether oxygens (including phenoxy) is 2. The van der Waals surface area contributed by atoms with Gasteiger partial charge in [-0.1, -0.05) is 15.9 Å². The minimum Gasteiger partial charge on any atom is -0.458 e. The maximum Gasteiger partial charge on any atom is 0.330 e. The zero-order chi connectivity index (χ0) is 15.7. The lowest BCUT2D eigenvalue weighted by Crippen LogP contribution is -2.37. The van der Waals surface area contributed by atoms with E-state index in [0.29, 0.717) is 5.56 Å². The first-order chi connectivity index (χ1) is 9.85. The summed E-state index contributed by atoms with van der Waals surface area (Å²) < 4.78 is 11.9. The van der Waals surface area contributed by atoms with E-state index in [2.05, 4.69) is 20.9 Å². The Morgan fingerprint density at radius 1 is 1.57 bits per heavy atom. The monoisotopic (exact) mass is 362 g/mol. The van der Waals surface area contributed by atoms with Gasteiger partial charge in [0.2, 0.25) is 0 Å². The van der Waals surface area contributed by atoms with Gasteiger partial charge in [-0.2, -0.15) is 0 Å². The molecule has 0 aliphatic carbocycles. The van der Waals surface area contributed by atoms with Crippen molar-refractivity contribution in [3.8, 4) is 0 Å². The number of halogens is 1. The maximum absolute atomic E-state index is 11.9. The summed E-state index contributed by atoms with van der Waals surface area (Å²) in [5.41, 5.74) is -0.773. The molecule has 1 aliphatic rings. The third-order valence-corrected chi connectivity index (χ3v) is 4.14. The molecule has 0 radical (unpaired) electrons. The molecule has 116 valence electrons. The van der Waals surface area contributed by atoms with E-state index >= 15 is 0 Å². The van der Waals surface area contributed by atoms with Gasteiger partial charge in [-0.3, -0.25) is 19.1 Å². The van der Waals surface area contributed by atoms with Crippen LogP contribution in [0.3, 0.4) is 0 Å². The second-order valence-corrected chi connectivity index (χ2v) is 5.80. The summed E-state index contributed by atoms with van der Waals surface area (Å²) in [4.78, 5) is 36.0. The van der Waals surface area contributed by atoms with Crippen LogP contribution in [-0.2, 0) is 14.3 Å². The van der Waals surface area contributed by atoms with Gasteiger partial charge >= 0.3 is 11.7 Å². The standard InChI is InChI=1S/C12H15BrN2O6/c1-5-3-15(12(19)14-10(5)18)11-8(13)9(20-6(2)17)7(4-16)21-11/h3,7-9,11,16H,4H2,1-2H3,(H,14,18,19)/t7-,8-,9+,11-/m1/s1. The van der Waals surface area contributed by atoms with E-state index in [1.807, 2.05) is 0 Å². The number of hydrogen-bond donors (Lipinski definition) is 2. The topological polar surface area (TPSA) is 111 Å². The van der Waals surface area contributed by atoms with Gasteiger partial charge in [0.15, 0.2) is 6.23 Å². The highest BCUT2D eigenvalue weighted by Crippen LogP contribution is 2.35. The summed E-state index contributed by atoms with van der Waals surface area (Å²) in [5, 5.41) is 9.32. The largest absolute Gasteiger partial charge is 0.458 e. The molecule has 2 N–H and O–H groups in total. The van der Waals surface area contributed by atoms with E-state index < -0.39 is 40.5 Å². The normalized spacial score (nSPS) is 28.6. The van der Waals surface area contributed by atoms with E-state index in [0.717, 1.165) is 0 Å². The molecular weight excluding hydrogens is 348 g/mol. The quantitative estimate of drug-likeness (QED) is 0.550. The lowest BCUT2D eigenvalue weighted by molar-refractivity contribution is -0.150. The maximum atomic E-state index is 11.9. The van der Waals surface area contributed by atoms with Gasteiger partial charge in [-0.15, -0.1) is 0 Å². The minimum absolute atomic E-state index is 0.342. The van der Waals surface area contributed by atoms with E-state index in [9.17, 15) is 19.5 Å². The number of esters is 1. The number of aromatic nitrogens is 2. The average Bonchev–Trinajstić information content (AvgIpc) is 2.71. The molecule has 0 amide bonds. The Labute approximate surface area is 127 Å². The van der Waals surface area contributed by atoms with Crippen LogP contribution in [0.15, 0.2) is 15.8 Å². The van der Waals surface area contributed by atoms with Crippen LogP contribution in [0.5, 0.6) is 0 Å². The molecule has 0 spiro atoms. The molecule has 1 aliphatic heterocycles. The predicted molar refractivity (Wildman–Crippen MR) is 75.3 cm³/mol. The Morgan fingerprint density at radius 3 is 2.81 bits per heavy atom. The van der Waals surface area contributed by atoms with Crippen molar-refractivity contribution in [2.45, 2.75) is 37.1 Å². The Morgan fingerprint density at radius 2 is 2.24 bits per heavy atom. The SMILES string of the molecule is CC(=O)O[C@@H]1[C@@H](Br)[C@H](n2cc(C)c(=O)[nH]c2=O)O[C@@H]1CO. The number of aromatic amines is 1. The summed E-state index contributed by atoms with van der Waals surface area (Å²) >= 11 is 3.33. The fraction of sp³-hybridized carbons (Fsp3) is 0.583. The lowest BCUT2D eigenvalue weighted by atomic mass is 10.2. The van der Waals surface area contributed by atoms with E-state index in [4.69, 9.17) is 9.47 Å². The number of rotatable bonds is 3. The first-order valence-electron chi connectivity index (χ1n) is 6.24. The summed E-state index contributed by atoms with van der Waals surface area (Å²) in [6.45, 7) is 2.44. The summed E-state index contributed by atoms with van der Waals surface area (Å²) in [5.74, 6) is -0.517. The number of carbonyl (C=O) groups is 1. The van der Waals surface area contributed by atoms with Crippen LogP contribution < -0.4 is 11.2 Å². The molecule has 21 heavy (non-hydrogen) atoms. The molecule has 0 unspecified atom stereocenters. The molecule has 0 aromatic carbocycles. The van der Waals surface area contributed by atoms with E-state index in [-0.39, 0.29) is 6.61 Å². The summed E-state index contributed by atoms with van der Waals surface area (Å²) in [6.07, 6.45) is -0.946. The number of nitrogens with one attached hydrogen (secondary N) is 1. The third kappa shape index (κ3) is 3.09. The first kappa shape index (κ1) is 15.9. The highest BCUT2D eigenvalue weighted by molar-refractivity contribution is 9.09. The molecule has 2 rings (SSSR count). The highest BCUT2D eigenvalue weighted by atomic mass is 79.9. The second kappa shape index (κ2) is 6.12. The van der Waals surface area contributed by atoms with Crippen molar-refractivity contribution in [1.82, 2.24) is 9.55 Å². The fourth-order valence-corrected chi connectivity index (χ4v) is 3.00. The van der Waals surface area contributed by atoms with Gasteiger partial charge in [0.05, 0.1) is 11.4 Å². The number of aliphatic hydroxyl groups is 1. The van der Waals surface area contributed by atoms with Crippen molar-refractivity contribution in [3.63, 3.8) is 0 Å². The van der Waals surface area contributed by atoms with Crippen molar-refractivity contribution >= 4 is 21.9 Å². The number of hydrogen-bond acceptors (Lipinski definition) is 6. The molecule has 4 atom stereocenters. The molecule has 1 saturated heterocycles. The summed E-state index contributed by atoms with van der Waals surface area (Å²) in [6, 6.07) is 0. The molecule has 1 aromatic rings. The van der Waals surface area contributed by atoms with Crippen LogP contribution in [0.4, 0.5) is 0 Å². The van der Waals surface area contributed by atoms with Gasteiger partial charge in [0.1, 0.15) is 12.2 Å². The number of alkyl halides is 1. The Bertz CT molecular complexity index is 654. The number of carbonyl (C=O) groups excluding carboxylic acids is 1. The second-order valence-electron chi connectivity index (χ2n) is 4.74. The number of H-pyrrole nitrogens is 1. The molecule has 9 heteroatoms. The zero-order valence-corrected chi connectivity index (χ0v) is 13.0. The van der Waals surface area contributed by atoms with Crippen LogP contribution in [-0.4, -0.2) is 44.3 Å². The van der Waals surface area contributed by atoms with Crippen LogP contribution >= 0.6 is 15.9 Å². The molecule has 1 aromatic heterocycles. The molecule has 0 bridgehead atoms. The lowest BCUT2D eigenvalue weighted by Gasteiger charge is -2.19. The van der Waals surface area contributed by atoms with Gasteiger partial charge < -0.3 is 14.6 Å². The third-order valence-electron chi connectivity index (χ3n) is 3.17. The predicted octanol–water partition coefficient (Wildman–Crippen LogP) is -0.570. The summed E-state index contributed by atoms with van der Waals surface area (Å²) in [7, 11) is 0. The molecule has 8 nitrogen and oxygen atoms in total. The van der Waals surface area contributed by atoms with Crippen LogP contribution in [0.2, 0.25) is 0 Å². The molecule has 0 saturated carbocycles. The van der Waals surface area contributed by atoms with Crippen molar-refractivity contribution in [2.24, 2.45) is 0 Å². The van der Waals surface area contributed by atoms with Gasteiger partial charge in [-0.05, 0) is 6.92 Å².